The van der Waals surface area contributed by atoms with Crippen LogP contribution in [0, 0.1) is 0 Å². The third-order valence-electron chi connectivity index (χ3n) is 1.75. The Kier molecular flexibility index (Phi) is 3.45. The van der Waals surface area contributed by atoms with Crippen LogP contribution in [0.3, 0.4) is 0 Å². The van der Waals surface area contributed by atoms with E-state index in [9.17, 15) is 4.79 Å². The van der Waals surface area contributed by atoms with E-state index >= 15 is 0 Å². The van der Waals surface area contributed by atoms with E-state index in [1.54, 1.807) is 19.4 Å². The van der Waals surface area contributed by atoms with Crippen LogP contribution in [0.25, 0.3) is 0 Å². The number of aliphatic carboxylic acids is 1. The van der Waals surface area contributed by atoms with E-state index in [4.69, 9.17) is 5.11 Å². The van der Waals surface area contributed by atoms with Crippen molar-refractivity contribution in [3.05, 3.63) is 18.7 Å². The number of imidazole rings is 1. The van der Waals surface area contributed by atoms with E-state index in [0.717, 1.165) is 6.54 Å². The van der Waals surface area contributed by atoms with Gasteiger partial charge in [-0.25, -0.2) is 4.98 Å². The van der Waals surface area contributed by atoms with E-state index in [-0.39, 0.29) is 0 Å². The molecule has 0 saturated heterocycles. The van der Waals surface area contributed by atoms with Gasteiger partial charge in [-0.1, -0.05) is 0 Å². The van der Waals surface area contributed by atoms with Crippen LogP contribution in [-0.2, 0) is 11.3 Å². The van der Waals surface area contributed by atoms with Gasteiger partial charge in [-0.2, -0.15) is 0 Å². The largest absolute Gasteiger partial charge is 0.480 e. The van der Waals surface area contributed by atoms with Gasteiger partial charge in [0.15, 0.2) is 0 Å². The van der Waals surface area contributed by atoms with Gasteiger partial charge in [-0.05, 0) is 6.92 Å². The van der Waals surface area contributed by atoms with Crippen molar-refractivity contribution in [3.8, 4) is 0 Å². The van der Waals surface area contributed by atoms with E-state index < -0.39 is 12.0 Å². The standard InChI is InChI=1S/C8H13N3O2/c1-7(8(12)13)10-3-5-11-4-2-9-6-11/h2,4,6-7,10H,3,5H2,1H3,(H,12,13). The van der Waals surface area contributed by atoms with Crippen molar-refractivity contribution in [2.45, 2.75) is 19.5 Å². The number of hydrogen-bond acceptors (Lipinski definition) is 3. The van der Waals surface area contributed by atoms with E-state index in [1.807, 2.05) is 10.8 Å². The van der Waals surface area contributed by atoms with Gasteiger partial charge in [0.05, 0.1) is 6.33 Å². The van der Waals surface area contributed by atoms with Crippen molar-refractivity contribution < 1.29 is 9.90 Å². The second kappa shape index (κ2) is 4.61. The highest BCUT2D eigenvalue weighted by Crippen LogP contribution is 1.85. The molecule has 5 heteroatoms. The smallest absolute Gasteiger partial charge is 0.320 e. The number of carboxylic acid groups (broad SMARTS) is 1. The lowest BCUT2D eigenvalue weighted by atomic mass is 10.3. The summed E-state index contributed by atoms with van der Waals surface area (Å²) in [4.78, 5) is 14.3. The monoisotopic (exact) mass is 183 g/mol. The molecule has 0 aliphatic carbocycles. The number of nitrogens with one attached hydrogen (secondary N) is 1. The lowest BCUT2D eigenvalue weighted by molar-refractivity contribution is -0.138. The zero-order valence-electron chi connectivity index (χ0n) is 7.47. The first-order valence-electron chi connectivity index (χ1n) is 4.12. The van der Waals surface area contributed by atoms with Crippen LogP contribution >= 0.6 is 0 Å². The maximum atomic E-state index is 10.4. The molecule has 1 unspecified atom stereocenters. The molecular weight excluding hydrogens is 170 g/mol. The number of hydrogen-bond donors (Lipinski definition) is 2. The van der Waals surface area contributed by atoms with Crippen LogP contribution in [0.15, 0.2) is 18.7 Å². The Balaban J connectivity index is 2.18. The maximum absolute atomic E-state index is 10.4. The summed E-state index contributed by atoms with van der Waals surface area (Å²) in [5.41, 5.74) is 0. The minimum Gasteiger partial charge on any atom is -0.480 e. The maximum Gasteiger partial charge on any atom is 0.320 e. The van der Waals surface area contributed by atoms with Gasteiger partial charge < -0.3 is 15.0 Å². The van der Waals surface area contributed by atoms with Gasteiger partial charge in [-0.15, -0.1) is 0 Å². The number of nitrogens with zero attached hydrogens (tertiary/aromatic N) is 2. The van der Waals surface area contributed by atoms with Gasteiger partial charge in [-0.3, -0.25) is 4.79 Å². The molecule has 72 valence electrons. The fraction of sp³-hybridized carbons (Fsp3) is 0.500. The van der Waals surface area contributed by atoms with E-state index in [0.29, 0.717) is 6.54 Å². The fourth-order valence-corrected chi connectivity index (χ4v) is 0.916. The van der Waals surface area contributed by atoms with Gasteiger partial charge in [0.2, 0.25) is 0 Å². The summed E-state index contributed by atoms with van der Waals surface area (Å²) in [6.07, 6.45) is 5.24. The summed E-state index contributed by atoms with van der Waals surface area (Å²) in [6.45, 7) is 2.98. The van der Waals surface area contributed by atoms with Crippen molar-refractivity contribution >= 4 is 5.97 Å². The summed E-state index contributed by atoms with van der Waals surface area (Å²) < 4.78 is 1.89. The first-order chi connectivity index (χ1) is 6.20. The molecule has 1 atom stereocenters. The Labute approximate surface area is 76.4 Å². The van der Waals surface area contributed by atoms with Crippen molar-refractivity contribution in [3.63, 3.8) is 0 Å². The van der Waals surface area contributed by atoms with Crippen molar-refractivity contribution in [2.75, 3.05) is 6.54 Å². The molecule has 13 heavy (non-hydrogen) atoms. The van der Waals surface area contributed by atoms with Crippen LogP contribution < -0.4 is 5.32 Å². The summed E-state index contributed by atoms with van der Waals surface area (Å²) in [6, 6.07) is -0.497. The van der Waals surface area contributed by atoms with E-state index in [1.165, 1.54) is 0 Å². The van der Waals surface area contributed by atoms with Gasteiger partial charge in [0, 0.05) is 25.5 Å². The summed E-state index contributed by atoms with van der Waals surface area (Å²) >= 11 is 0. The first-order valence-corrected chi connectivity index (χ1v) is 4.12. The van der Waals surface area contributed by atoms with Crippen LogP contribution in [0.1, 0.15) is 6.92 Å². The predicted octanol–water partition coefficient (Wildman–Crippen LogP) is -0.0542. The topological polar surface area (TPSA) is 67.2 Å². The Hall–Kier alpha value is -1.36. The van der Waals surface area contributed by atoms with Gasteiger partial charge in [0.1, 0.15) is 6.04 Å². The number of carboxylic acids is 1. The van der Waals surface area contributed by atoms with Crippen LogP contribution in [-0.4, -0.2) is 33.2 Å². The Morgan fingerprint density at radius 2 is 2.54 bits per heavy atom. The summed E-state index contributed by atoms with van der Waals surface area (Å²) in [5, 5.41) is 11.4. The molecule has 0 amide bonds. The summed E-state index contributed by atoms with van der Waals surface area (Å²) in [7, 11) is 0. The third kappa shape index (κ3) is 3.25. The minimum atomic E-state index is -0.828. The average molecular weight is 183 g/mol. The van der Waals surface area contributed by atoms with Crippen molar-refractivity contribution in [2.24, 2.45) is 0 Å². The number of aromatic nitrogens is 2. The quantitative estimate of drug-likeness (QED) is 0.671. The first kappa shape index (κ1) is 9.73. The predicted molar refractivity (Wildman–Crippen MR) is 47.3 cm³/mol. The minimum absolute atomic E-state index is 0.497. The molecular formula is C8H13N3O2. The van der Waals surface area contributed by atoms with Crippen LogP contribution in [0.5, 0.6) is 0 Å². The van der Waals surface area contributed by atoms with E-state index in [2.05, 4.69) is 10.3 Å². The molecule has 1 rings (SSSR count). The fourth-order valence-electron chi connectivity index (χ4n) is 0.916. The highest BCUT2D eigenvalue weighted by molar-refractivity contribution is 5.72. The normalized spacial score (nSPS) is 12.7. The molecule has 1 aromatic heterocycles. The molecule has 0 spiro atoms. The molecule has 0 radical (unpaired) electrons. The Morgan fingerprint density at radius 3 is 3.08 bits per heavy atom. The lowest BCUT2D eigenvalue weighted by Crippen LogP contribution is -2.35. The zero-order valence-corrected chi connectivity index (χ0v) is 7.47. The van der Waals surface area contributed by atoms with Gasteiger partial charge in [0.25, 0.3) is 0 Å². The highest BCUT2D eigenvalue weighted by atomic mass is 16.4. The SMILES string of the molecule is CC(NCCn1ccnc1)C(=O)O. The second-order valence-corrected chi connectivity index (χ2v) is 2.81. The number of rotatable bonds is 5. The molecule has 0 aliphatic rings. The summed E-state index contributed by atoms with van der Waals surface area (Å²) in [5.74, 6) is -0.828. The van der Waals surface area contributed by atoms with Crippen LogP contribution in [0.4, 0.5) is 0 Å². The molecule has 2 N–H and O–H groups in total. The number of carbonyl (C=O) groups is 1. The molecule has 0 fully saturated rings. The zero-order chi connectivity index (χ0) is 9.68. The average Bonchev–Trinajstić information content (AvgIpc) is 2.56. The molecule has 0 aromatic carbocycles. The Morgan fingerprint density at radius 1 is 1.77 bits per heavy atom. The molecule has 0 saturated carbocycles. The van der Waals surface area contributed by atoms with Crippen LogP contribution in [0.2, 0.25) is 0 Å². The second-order valence-electron chi connectivity index (χ2n) is 2.81. The molecule has 0 aliphatic heterocycles. The molecule has 1 heterocycles. The highest BCUT2D eigenvalue weighted by Gasteiger charge is 2.08. The van der Waals surface area contributed by atoms with Crippen molar-refractivity contribution in [1.29, 1.82) is 0 Å². The third-order valence-corrected chi connectivity index (χ3v) is 1.75. The lowest BCUT2D eigenvalue weighted by Gasteiger charge is -2.08. The molecule has 0 bridgehead atoms. The Bertz CT molecular complexity index is 258. The van der Waals surface area contributed by atoms with Crippen molar-refractivity contribution in [1.82, 2.24) is 14.9 Å². The molecule has 1 aromatic rings. The van der Waals surface area contributed by atoms with Gasteiger partial charge >= 0.3 is 5.97 Å². The molecule has 5 nitrogen and oxygen atoms in total.